The van der Waals surface area contributed by atoms with E-state index in [2.05, 4.69) is 59.7 Å². The van der Waals surface area contributed by atoms with Crippen molar-refractivity contribution in [3.8, 4) is 0 Å². The molecule has 1 saturated carbocycles. The summed E-state index contributed by atoms with van der Waals surface area (Å²) in [6.07, 6.45) is 3.81. The summed E-state index contributed by atoms with van der Waals surface area (Å²) in [5, 5.41) is 7.02. The molecule has 0 amide bonds. The van der Waals surface area contributed by atoms with Crippen molar-refractivity contribution >= 4 is 5.96 Å². The molecule has 1 saturated heterocycles. The zero-order valence-corrected chi connectivity index (χ0v) is 14.5. The zero-order chi connectivity index (χ0) is 16.1. The lowest BCUT2D eigenvalue weighted by Crippen LogP contribution is -2.40. The Morgan fingerprint density at radius 2 is 2.09 bits per heavy atom. The fourth-order valence-corrected chi connectivity index (χ4v) is 3.63. The second kappa shape index (κ2) is 7.82. The predicted octanol–water partition coefficient (Wildman–Crippen LogP) is 2.58. The Hall–Kier alpha value is -1.55. The Kier molecular flexibility index (Phi) is 5.55. The molecule has 0 aromatic heterocycles. The van der Waals surface area contributed by atoms with Gasteiger partial charge in [0.25, 0.3) is 0 Å². The van der Waals surface area contributed by atoms with Crippen LogP contribution in [0.25, 0.3) is 0 Å². The number of guanidine groups is 1. The van der Waals surface area contributed by atoms with Gasteiger partial charge in [0, 0.05) is 24.5 Å². The number of hydrogen-bond acceptors (Lipinski definition) is 2. The van der Waals surface area contributed by atoms with Gasteiger partial charge >= 0.3 is 0 Å². The van der Waals surface area contributed by atoms with Gasteiger partial charge in [-0.1, -0.05) is 37.3 Å². The van der Waals surface area contributed by atoms with Crippen LogP contribution >= 0.6 is 0 Å². The van der Waals surface area contributed by atoms with Gasteiger partial charge in [-0.05, 0) is 44.8 Å². The van der Waals surface area contributed by atoms with Gasteiger partial charge in [-0.3, -0.25) is 9.89 Å². The van der Waals surface area contributed by atoms with Crippen molar-refractivity contribution in [3.63, 3.8) is 0 Å². The summed E-state index contributed by atoms with van der Waals surface area (Å²) in [4.78, 5) is 7.41. The molecule has 2 aliphatic rings. The third-order valence-electron chi connectivity index (χ3n) is 5.05. The molecule has 1 aliphatic heterocycles. The van der Waals surface area contributed by atoms with Gasteiger partial charge in [-0.25, -0.2) is 0 Å². The van der Waals surface area contributed by atoms with Crippen LogP contribution in [0.15, 0.2) is 35.3 Å². The van der Waals surface area contributed by atoms with Crippen molar-refractivity contribution in [1.29, 1.82) is 0 Å². The molecule has 1 aromatic carbocycles. The molecule has 3 atom stereocenters. The minimum atomic E-state index is 0.529. The normalized spacial score (nSPS) is 27.9. The molecular weight excluding hydrogens is 284 g/mol. The second-order valence-electron chi connectivity index (χ2n) is 6.65. The summed E-state index contributed by atoms with van der Waals surface area (Å²) in [6.45, 7) is 8.58. The lowest BCUT2D eigenvalue weighted by Gasteiger charge is -2.21. The Bertz CT molecular complexity index is 513. The summed E-state index contributed by atoms with van der Waals surface area (Å²) in [7, 11) is 0. The number of likely N-dealkylation sites (N-methyl/N-ethyl adjacent to an activating group) is 1. The predicted molar refractivity (Wildman–Crippen MR) is 97.0 cm³/mol. The van der Waals surface area contributed by atoms with E-state index in [1.165, 1.54) is 31.4 Å². The first-order chi connectivity index (χ1) is 11.3. The van der Waals surface area contributed by atoms with Crippen molar-refractivity contribution < 1.29 is 0 Å². The molecule has 1 aromatic rings. The first-order valence-corrected chi connectivity index (χ1v) is 9.15. The third-order valence-corrected chi connectivity index (χ3v) is 5.05. The van der Waals surface area contributed by atoms with Crippen molar-refractivity contribution in [2.75, 3.05) is 26.2 Å². The molecule has 4 nitrogen and oxygen atoms in total. The van der Waals surface area contributed by atoms with E-state index in [-0.39, 0.29) is 0 Å². The molecule has 2 N–H and O–H groups in total. The number of nitrogens with zero attached hydrogens (tertiary/aromatic N) is 2. The van der Waals surface area contributed by atoms with Crippen LogP contribution < -0.4 is 10.6 Å². The van der Waals surface area contributed by atoms with E-state index in [0.717, 1.165) is 25.6 Å². The topological polar surface area (TPSA) is 39.7 Å². The number of aliphatic imine (C=N–C) groups is 1. The van der Waals surface area contributed by atoms with E-state index in [1.807, 2.05) is 0 Å². The maximum absolute atomic E-state index is 4.85. The van der Waals surface area contributed by atoms with Crippen molar-refractivity contribution in [1.82, 2.24) is 15.5 Å². The van der Waals surface area contributed by atoms with Gasteiger partial charge in [0.2, 0.25) is 0 Å². The fourth-order valence-electron chi connectivity index (χ4n) is 3.63. The van der Waals surface area contributed by atoms with Crippen LogP contribution in [0.3, 0.4) is 0 Å². The van der Waals surface area contributed by atoms with Crippen molar-refractivity contribution in [2.24, 2.45) is 4.99 Å². The molecule has 1 aliphatic carbocycles. The van der Waals surface area contributed by atoms with Gasteiger partial charge in [-0.2, -0.15) is 0 Å². The minimum absolute atomic E-state index is 0.529. The maximum atomic E-state index is 4.85. The summed E-state index contributed by atoms with van der Waals surface area (Å²) < 4.78 is 0. The Balaban J connectivity index is 1.54. The fraction of sp³-hybridized carbons (Fsp3) is 0.632. The zero-order valence-electron chi connectivity index (χ0n) is 14.5. The Labute approximate surface area is 140 Å². The highest BCUT2D eigenvalue weighted by Crippen LogP contribution is 2.40. The molecule has 23 heavy (non-hydrogen) atoms. The number of likely N-dealkylation sites (tertiary alicyclic amines) is 1. The number of hydrogen-bond donors (Lipinski definition) is 2. The van der Waals surface area contributed by atoms with E-state index in [1.54, 1.807) is 0 Å². The van der Waals surface area contributed by atoms with Gasteiger partial charge < -0.3 is 10.6 Å². The van der Waals surface area contributed by atoms with Crippen LogP contribution in [-0.2, 0) is 0 Å². The molecule has 3 rings (SSSR count). The molecule has 4 heteroatoms. The molecule has 0 radical (unpaired) electrons. The van der Waals surface area contributed by atoms with Crippen LogP contribution in [0.1, 0.15) is 44.6 Å². The van der Waals surface area contributed by atoms with E-state index in [0.29, 0.717) is 18.0 Å². The minimum Gasteiger partial charge on any atom is -0.357 e. The van der Waals surface area contributed by atoms with E-state index < -0.39 is 0 Å². The number of nitrogens with one attached hydrogen (secondary N) is 2. The molecule has 1 heterocycles. The summed E-state index contributed by atoms with van der Waals surface area (Å²) in [5.74, 6) is 1.62. The van der Waals surface area contributed by atoms with Crippen LogP contribution in [0.4, 0.5) is 0 Å². The van der Waals surface area contributed by atoms with Crippen molar-refractivity contribution in [2.45, 2.75) is 51.1 Å². The quantitative estimate of drug-likeness (QED) is 0.626. The average Bonchev–Trinajstić information content (AvgIpc) is 3.20. The highest BCUT2D eigenvalue weighted by atomic mass is 15.2. The number of rotatable bonds is 6. The molecule has 126 valence electrons. The van der Waals surface area contributed by atoms with E-state index in [4.69, 9.17) is 4.99 Å². The summed E-state index contributed by atoms with van der Waals surface area (Å²) >= 11 is 0. The van der Waals surface area contributed by atoms with Gasteiger partial charge in [0.1, 0.15) is 0 Å². The monoisotopic (exact) mass is 314 g/mol. The van der Waals surface area contributed by atoms with Crippen LogP contribution in [0, 0.1) is 0 Å². The number of benzene rings is 1. The maximum Gasteiger partial charge on any atom is 0.191 e. The lowest BCUT2D eigenvalue weighted by molar-refractivity contribution is 0.273. The molecule has 0 bridgehead atoms. The highest BCUT2D eigenvalue weighted by Gasteiger charge is 2.38. The molecular formula is C19H30N4. The van der Waals surface area contributed by atoms with Gasteiger partial charge in [0.15, 0.2) is 5.96 Å². The summed E-state index contributed by atoms with van der Waals surface area (Å²) in [5.41, 5.74) is 1.44. The van der Waals surface area contributed by atoms with Crippen molar-refractivity contribution in [3.05, 3.63) is 35.9 Å². The van der Waals surface area contributed by atoms with Gasteiger partial charge in [0.05, 0.1) is 6.54 Å². The van der Waals surface area contributed by atoms with Gasteiger partial charge in [-0.15, -0.1) is 0 Å². The van der Waals surface area contributed by atoms with Crippen LogP contribution in [-0.4, -0.2) is 49.1 Å². The smallest absolute Gasteiger partial charge is 0.191 e. The molecule has 0 spiro atoms. The second-order valence-corrected chi connectivity index (χ2v) is 6.65. The lowest BCUT2D eigenvalue weighted by atomic mass is 10.1. The Morgan fingerprint density at radius 3 is 2.83 bits per heavy atom. The first-order valence-electron chi connectivity index (χ1n) is 9.15. The van der Waals surface area contributed by atoms with E-state index in [9.17, 15) is 0 Å². The largest absolute Gasteiger partial charge is 0.357 e. The summed E-state index contributed by atoms with van der Waals surface area (Å²) in [6, 6.07) is 12.0. The highest BCUT2D eigenvalue weighted by molar-refractivity contribution is 5.80. The third kappa shape index (κ3) is 4.25. The molecule has 2 fully saturated rings. The van der Waals surface area contributed by atoms with Crippen LogP contribution in [0.5, 0.6) is 0 Å². The average molecular weight is 314 g/mol. The first kappa shape index (κ1) is 16.3. The standard InChI is InChI=1S/C19H30N4/c1-3-20-19(21-14-16-11-8-12-23(16)4-2)22-18-13-17(18)15-9-6-5-7-10-15/h5-7,9-10,16-18H,3-4,8,11-14H2,1-2H3,(H2,20,21,22). The molecule has 3 unspecified atom stereocenters. The van der Waals surface area contributed by atoms with E-state index >= 15 is 0 Å². The Morgan fingerprint density at radius 1 is 1.26 bits per heavy atom. The SMILES string of the molecule is CCNC(=NCC1CCCN1CC)NC1CC1c1ccccc1. The van der Waals surface area contributed by atoms with Crippen LogP contribution in [0.2, 0.25) is 0 Å².